The van der Waals surface area contributed by atoms with Gasteiger partial charge >= 0.3 is 5.92 Å². The van der Waals surface area contributed by atoms with Crippen molar-refractivity contribution in [2.75, 3.05) is 13.9 Å². The molecule has 0 saturated carbocycles. The molecule has 0 aliphatic carbocycles. The number of nitrogens with one attached hydrogen (secondary N) is 2. The fourth-order valence-corrected chi connectivity index (χ4v) is 4.07. The van der Waals surface area contributed by atoms with Crippen molar-refractivity contribution in [1.29, 1.82) is 0 Å². The van der Waals surface area contributed by atoms with Crippen molar-refractivity contribution < 1.29 is 37.4 Å². The van der Waals surface area contributed by atoms with Gasteiger partial charge in [0.2, 0.25) is 11.8 Å². The average Bonchev–Trinajstić information content (AvgIpc) is 3.16. The molecule has 1 saturated heterocycles. The van der Waals surface area contributed by atoms with E-state index in [0.717, 1.165) is 12.1 Å². The fourth-order valence-electron chi connectivity index (χ4n) is 4.07. The van der Waals surface area contributed by atoms with Crippen LogP contribution in [0.3, 0.4) is 0 Å². The summed E-state index contributed by atoms with van der Waals surface area (Å²) in [7, 11) is 1.40. The van der Waals surface area contributed by atoms with E-state index >= 15 is 0 Å². The summed E-state index contributed by atoms with van der Waals surface area (Å²) in [6.07, 6.45) is 0.379. The molecule has 11 heteroatoms. The molecule has 4 amide bonds. The Labute approximate surface area is 199 Å². The van der Waals surface area contributed by atoms with Crippen LogP contribution in [0.4, 0.5) is 8.78 Å². The van der Waals surface area contributed by atoms with E-state index in [0.29, 0.717) is 16.7 Å². The Kier molecular flexibility index (Phi) is 6.79. The van der Waals surface area contributed by atoms with E-state index in [4.69, 9.17) is 9.47 Å². The van der Waals surface area contributed by atoms with Gasteiger partial charge in [-0.15, -0.1) is 0 Å². The monoisotopic (exact) mass is 487 g/mol. The highest BCUT2D eigenvalue weighted by atomic mass is 19.3. The van der Waals surface area contributed by atoms with Crippen LogP contribution in [0.2, 0.25) is 0 Å². The van der Waals surface area contributed by atoms with E-state index in [2.05, 4.69) is 10.6 Å². The zero-order chi connectivity index (χ0) is 25.2. The quantitative estimate of drug-likeness (QED) is 0.434. The molecule has 2 aliphatic heterocycles. The zero-order valence-corrected chi connectivity index (χ0v) is 18.8. The lowest BCUT2D eigenvalue weighted by molar-refractivity contribution is -0.147. The molecule has 2 aliphatic rings. The van der Waals surface area contributed by atoms with Gasteiger partial charge in [-0.2, -0.15) is 8.78 Å². The Morgan fingerprint density at radius 1 is 1.20 bits per heavy atom. The van der Waals surface area contributed by atoms with Crippen molar-refractivity contribution in [2.45, 2.75) is 37.9 Å². The van der Waals surface area contributed by atoms with Gasteiger partial charge < -0.3 is 19.7 Å². The number of halogens is 2. The molecule has 2 N–H and O–H groups in total. The number of amides is 4. The number of rotatable bonds is 8. The lowest BCUT2D eigenvalue weighted by Gasteiger charge is -2.29. The molecular weight excluding hydrogens is 464 g/mol. The van der Waals surface area contributed by atoms with Crippen molar-refractivity contribution >= 4 is 23.6 Å². The van der Waals surface area contributed by atoms with Crippen LogP contribution in [0.1, 0.15) is 39.9 Å². The Hall–Kier alpha value is -3.86. The SMILES string of the molecule is COCOc1cccc(C(F)(F)C(=O)NCc2ccc3c(c2)CN([C@@H]2CCC(=O)NC2=O)C3=O)c1. The van der Waals surface area contributed by atoms with Crippen LogP contribution in [0, 0.1) is 0 Å². The summed E-state index contributed by atoms with van der Waals surface area (Å²) >= 11 is 0. The first-order valence-corrected chi connectivity index (χ1v) is 10.9. The van der Waals surface area contributed by atoms with Gasteiger partial charge in [-0.3, -0.25) is 24.5 Å². The van der Waals surface area contributed by atoms with Gasteiger partial charge in [0.15, 0.2) is 6.79 Å². The van der Waals surface area contributed by atoms with Crippen molar-refractivity contribution in [3.05, 3.63) is 64.7 Å². The Morgan fingerprint density at radius 2 is 2.00 bits per heavy atom. The average molecular weight is 487 g/mol. The second kappa shape index (κ2) is 9.79. The standard InChI is InChI=1S/C24H23F2N3O6/c1-34-13-35-17-4-2-3-16(10-17)24(25,26)23(33)27-11-14-5-6-18-15(9-14)12-29(22(18)32)19-7-8-20(30)28-21(19)31/h2-6,9-10,19H,7-8,11-13H2,1H3,(H,27,33)(H,28,30,31)/t19-/m1/s1. The van der Waals surface area contributed by atoms with Gasteiger partial charge in [0.25, 0.3) is 11.8 Å². The first-order valence-electron chi connectivity index (χ1n) is 10.9. The van der Waals surface area contributed by atoms with Gasteiger partial charge in [-0.25, -0.2) is 0 Å². The molecule has 4 rings (SSSR count). The van der Waals surface area contributed by atoms with Crippen LogP contribution < -0.4 is 15.4 Å². The highest BCUT2D eigenvalue weighted by molar-refractivity contribution is 6.05. The maximum Gasteiger partial charge on any atom is 0.349 e. The van der Waals surface area contributed by atoms with Crippen LogP contribution in [0.25, 0.3) is 0 Å². The van der Waals surface area contributed by atoms with Crippen molar-refractivity contribution in [2.24, 2.45) is 0 Å². The molecule has 1 atom stereocenters. The van der Waals surface area contributed by atoms with Crippen LogP contribution in [-0.2, 0) is 38.1 Å². The zero-order valence-electron chi connectivity index (χ0n) is 18.8. The number of carbonyl (C=O) groups excluding carboxylic acids is 4. The van der Waals surface area contributed by atoms with Gasteiger partial charge in [-0.05, 0) is 35.7 Å². The first-order chi connectivity index (χ1) is 16.7. The van der Waals surface area contributed by atoms with Crippen LogP contribution in [-0.4, -0.2) is 48.5 Å². The summed E-state index contributed by atoms with van der Waals surface area (Å²) in [6.45, 7) is -0.163. The number of fused-ring (bicyclic) bond motifs is 1. The highest BCUT2D eigenvalue weighted by Gasteiger charge is 2.41. The number of alkyl halides is 2. The van der Waals surface area contributed by atoms with Gasteiger partial charge in [0, 0.05) is 37.7 Å². The molecule has 0 unspecified atom stereocenters. The van der Waals surface area contributed by atoms with E-state index in [1.165, 1.54) is 24.1 Å². The number of ether oxygens (including phenoxy) is 2. The van der Waals surface area contributed by atoms with E-state index < -0.39 is 29.3 Å². The maximum absolute atomic E-state index is 14.7. The molecule has 0 radical (unpaired) electrons. The minimum absolute atomic E-state index is 0.122. The van der Waals surface area contributed by atoms with Crippen molar-refractivity contribution in [3.8, 4) is 5.75 Å². The predicted octanol–water partition coefficient (Wildman–Crippen LogP) is 1.84. The molecule has 9 nitrogen and oxygen atoms in total. The highest BCUT2D eigenvalue weighted by Crippen LogP contribution is 2.31. The van der Waals surface area contributed by atoms with Crippen molar-refractivity contribution in [1.82, 2.24) is 15.5 Å². The first kappa shape index (κ1) is 24.3. The third-order valence-electron chi connectivity index (χ3n) is 5.87. The number of piperidine rings is 1. The molecule has 2 heterocycles. The smallest absolute Gasteiger partial charge is 0.349 e. The minimum atomic E-state index is -3.80. The van der Waals surface area contributed by atoms with Gasteiger partial charge in [-0.1, -0.05) is 24.3 Å². The molecular formula is C24H23F2N3O6. The number of imide groups is 1. The van der Waals surface area contributed by atoms with Gasteiger partial charge in [0.1, 0.15) is 11.8 Å². The molecule has 1 fully saturated rings. The summed E-state index contributed by atoms with van der Waals surface area (Å²) < 4.78 is 39.4. The summed E-state index contributed by atoms with van der Waals surface area (Å²) in [5.41, 5.74) is 0.996. The predicted molar refractivity (Wildman–Crippen MR) is 117 cm³/mol. The van der Waals surface area contributed by atoms with Crippen LogP contribution in [0.15, 0.2) is 42.5 Å². The van der Waals surface area contributed by atoms with Crippen LogP contribution >= 0.6 is 0 Å². The third kappa shape index (κ3) is 4.99. The number of nitrogens with zero attached hydrogens (tertiary/aromatic N) is 1. The summed E-state index contributed by atoms with van der Waals surface area (Å²) in [6, 6.07) is 9.01. The molecule has 2 aromatic rings. The molecule has 0 aromatic heterocycles. The summed E-state index contributed by atoms with van der Waals surface area (Å²) in [5, 5.41) is 4.47. The van der Waals surface area contributed by atoms with E-state index in [9.17, 15) is 28.0 Å². The fraction of sp³-hybridized carbons (Fsp3) is 0.333. The second-order valence-electron chi connectivity index (χ2n) is 8.23. The lowest BCUT2D eigenvalue weighted by Crippen LogP contribution is -2.52. The molecule has 0 bridgehead atoms. The van der Waals surface area contributed by atoms with E-state index in [-0.39, 0.29) is 50.3 Å². The number of methoxy groups -OCH3 is 1. The second-order valence-corrected chi connectivity index (χ2v) is 8.23. The van der Waals surface area contributed by atoms with E-state index in [1.54, 1.807) is 18.2 Å². The number of hydrogen-bond donors (Lipinski definition) is 2. The largest absolute Gasteiger partial charge is 0.468 e. The molecule has 2 aromatic carbocycles. The number of benzene rings is 2. The normalized spacial score (nSPS) is 17.7. The Morgan fingerprint density at radius 3 is 2.74 bits per heavy atom. The number of carbonyl (C=O) groups is 4. The maximum atomic E-state index is 14.7. The molecule has 184 valence electrons. The molecule has 35 heavy (non-hydrogen) atoms. The lowest BCUT2D eigenvalue weighted by atomic mass is 10.0. The van der Waals surface area contributed by atoms with E-state index in [1.807, 2.05) is 0 Å². The van der Waals surface area contributed by atoms with Crippen molar-refractivity contribution in [3.63, 3.8) is 0 Å². The number of hydrogen-bond acceptors (Lipinski definition) is 6. The Balaban J connectivity index is 1.41. The summed E-state index contributed by atoms with van der Waals surface area (Å²) in [4.78, 5) is 50.0. The van der Waals surface area contributed by atoms with Gasteiger partial charge in [0.05, 0.1) is 0 Å². The van der Waals surface area contributed by atoms with Crippen LogP contribution in [0.5, 0.6) is 5.75 Å². The molecule has 0 spiro atoms. The topological polar surface area (TPSA) is 114 Å². The summed E-state index contributed by atoms with van der Waals surface area (Å²) in [5.74, 6) is -6.38. The Bertz CT molecular complexity index is 1190. The minimum Gasteiger partial charge on any atom is -0.468 e. The third-order valence-corrected chi connectivity index (χ3v) is 5.87.